The SMILES string of the molecule is O=C(CN1CCCc2ccccc21)NN=Cc1ccccc1. The quantitative estimate of drug-likeness (QED) is 0.695. The first kappa shape index (κ1) is 14.3. The molecule has 0 atom stereocenters. The monoisotopic (exact) mass is 293 g/mol. The van der Waals surface area contributed by atoms with Crippen LogP contribution in [0, 0.1) is 0 Å². The summed E-state index contributed by atoms with van der Waals surface area (Å²) in [5.74, 6) is -0.0936. The van der Waals surface area contributed by atoms with E-state index in [2.05, 4.69) is 27.6 Å². The number of carbonyl (C=O) groups excluding carboxylic acids is 1. The van der Waals surface area contributed by atoms with Gasteiger partial charge in [0.1, 0.15) is 0 Å². The van der Waals surface area contributed by atoms with Gasteiger partial charge in [0.25, 0.3) is 5.91 Å². The predicted octanol–water partition coefficient (Wildman–Crippen LogP) is 2.59. The Kier molecular flexibility index (Phi) is 4.49. The van der Waals surface area contributed by atoms with E-state index in [4.69, 9.17) is 0 Å². The molecule has 0 radical (unpaired) electrons. The molecule has 0 unspecified atom stereocenters. The number of rotatable bonds is 4. The number of hydrogen-bond donors (Lipinski definition) is 1. The van der Waals surface area contributed by atoms with Gasteiger partial charge in [-0.25, -0.2) is 5.43 Å². The second-order valence-corrected chi connectivity index (χ2v) is 5.36. The Balaban J connectivity index is 1.58. The largest absolute Gasteiger partial charge is 0.362 e. The van der Waals surface area contributed by atoms with E-state index >= 15 is 0 Å². The Bertz CT molecular complexity index is 667. The lowest BCUT2D eigenvalue weighted by Crippen LogP contribution is -2.38. The molecule has 1 aliphatic heterocycles. The van der Waals surface area contributed by atoms with Crippen LogP contribution in [0.4, 0.5) is 5.69 Å². The Morgan fingerprint density at radius 2 is 1.91 bits per heavy atom. The third-order valence-electron chi connectivity index (χ3n) is 3.74. The Morgan fingerprint density at radius 1 is 1.14 bits per heavy atom. The molecular weight excluding hydrogens is 274 g/mol. The number of hydrazone groups is 1. The average Bonchev–Trinajstić information content (AvgIpc) is 2.56. The summed E-state index contributed by atoms with van der Waals surface area (Å²) < 4.78 is 0. The van der Waals surface area contributed by atoms with Gasteiger partial charge in [0.05, 0.1) is 12.8 Å². The molecule has 0 bridgehead atoms. The lowest BCUT2D eigenvalue weighted by atomic mass is 10.0. The van der Waals surface area contributed by atoms with Crippen LogP contribution in [-0.2, 0) is 11.2 Å². The van der Waals surface area contributed by atoms with Gasteiger partial charge >= 0.3 is 0 Å². The molecule has 0 aliphatic carbocycles. The van der Waals surface area contributed by atoms with Crippen LogP contribution in [0.1, 0.15) is 17.5 Å². The highest BCUT2D eigenvalue weighted by Crippen LogP contribution is 2.26. The molecule has 1 N–H and O–H groups in total. The topological polar surface area (TPSA) is 44.7 Å². The summed E-state index contributed by atoms with van der Waals surface area (Å²) in [7, 11) is 0. The number of fused-ring (bicyclic) bond motifs is 1. The van der Waals surface area contributed by atoms with Crippen LogP contribution in [0.5, 0.6) is 0 Å². The predicted molar refractivity (Wildman–Crippen MR) is 89.2 cm³/mol. The van der Waals surface area contributed by atoms with Crippen LogP contribution in [0.15, 0.2) is 59.7 Å². The maximum Gasteiger partial charge on any atom is 0.259 e. The normalized spacial score (nSPS) is 13.9. The van der Waals surface area contributed by atoms with E-state index in [0.717, 1.165) is 30.6 Å². The van der Waals surface area contributed by atoms with Crippen molar-refractivity contribution in [1.29, 1.82) is 0 Å². The summed E-state index contributed by atoms with van der Waals surface area (Å²) in [6, 6.07) is 18.0. The molecule has 0 spiro atoms. The molecular formula is C18H19N3O. The molecule has 0 aromatic heterocycles. The molecule has 112 valence electrons. The zero-order valence-electron chi connectivity index (χ0n) is 12.4. The Labute approximate surface area is 130 Å². The van der Waals surface area contributed by atoms with Crippen molar-refractivity contribution in [2.75, 3.05) is 18.0 Å². The molecule has 2 aromatic carbocycles. The fourth-order valence-corrected chi connectivity index (χ4v) is 2.70. The van der Waals surface area contributed by atoms with Gasteiger partial charge in [0.2, 0.25) is 0 Å². The van der Waals surface area contributed by atoms with Crippen molar-refractivity contribution in [2.45, 2.75) is 12.8 Å². The van der Waals surface area contributed by atoms with Crippen LogP contribution < -0.4 is 10.3 Å². The van der Waals surface area contributed by atoms with Crippen LogP contribution in [0.2, 0.25) is 0 Å². The summed E-state index contributed by atoms with van der Waals surface area (Å²) in [5.41, 5.74) is 6.04. The van der Waals surface area contributed by atoms with Gasteiger partial charge in [0, 0.05) is 12.2 Å². The number of aryl methyl sites for hydroxylation is 1. The minimum Gasteiger partial charge on any atom is -0.362 e. The average molecular weight is 293 g/mol. The van der Waals surface area contributed by atoms with E-state index in [1.165, 1.54) is 5.56 Å². The summed E-state index contributed by atoms with van der Waals surface area (Å²) in [6.07, 6.45) is 3.82. The number of nitrogens with one attached hydrogen (secondary N) is 1. The van der Waals surface area contributed by atoms with Crippen molar-refractivity contribution in [3.63, 3.8) is 0 Å². The molecule has 1 heterocycles. The second-order valence-electron chi connectivity index (χ2n) is 5.36. The molecule has 1 amide bonds. The summed E-state index contributed by atoms with van der Waals surface area (Å²) >= 11 is 0. The number of hydrogen-bond acceptors (Lipinski definition) is 3. The first-order valence-corrected chi connectivity index (χ1v) is 7.53. The van der Waals surface area contributed by atoms with Crippen molar-refractivity contribution in [3.05, 3.63) is 65.7 Å². The smallest absolute Gasteiger partial charge is 0.259 e. The van der Waals surface area contributed by atoms with E-state index in [1.54, 1.807) is 6.21 Å². The fraction of sp³-hybridized carbons (Fsp3) is 0.222. The van der Waals surface area contributed by atoms with E-state index in [0.29, 0.717) is 6.54 Å². The van der Waals surface area contributed by atoms with Crippen molar-refractivity contribution in [3.8, 4) is 0 Å². The highest BCUT2D eigenvalue weighted by Gasteiger charge is 2.18. The number of anilines is 1. The molecule has 0 saturated heterocycles. The Morgan fingerprint density at radius 3 is 2.77 bits per heavy atom. The third-order valence-corrected chi connectivity index (χ3v) is 3.74. The van der Waals surface area contributed by atoms with Gasteiger partial charge in [-0.15, -0.1) is 0 Å². The molecule has 2 aromatic rings. The van der Waals surface area contributed by atoms with E-state index in [9.17, 15) is 4.79 Å². The van der Waals surface area contributed by atoms with Crippen LogP contribution in [0.3, 0.4) is 0 Å². The van der Waals surface area contributed by atoms with Crippen LogP contribution in [-0.4, -0.2) is 25.2 Å². The van der Waals surface area contributed by atoms with Gasteiger partial charge in [0.15, 0.2) is 0 Å². The summed E-state index contributed by atoms with van der Waals surface area (Å²) in [5, 5.41) is 4.01. The van der Waals surface area contributed by atoms with Crippen LogP contribution in [0.25, 0.3) is 0 Å². The number of benzene rings is 2. The fourth-order valence-electron chi connectivity index (χ4n) is 2.70. The van der Waals surface area contributed by atoms with Gasteiger partial charge in [-0.2, -0.15) is 5.10 Å². The molecule has 4 heteroatoms. The second kappa shape index (κ2) is 6.89. The molecule has 0 fully saturated rings. The molecule has 3 rings (SSSR count). The third kappa shape index (κ3) is 3.52. The van der Waals surface area contributed by atoms with Gasteiger partial charge in [-0.1, -0.05) is 48.5 Å². The van der Waals surface area contributed by atoms with Gasteiger partial charge in [-0.05, 0) is 30.0 Å². The van der Waals surface area contributed by atoms with Crippen molar-refractivity contribution >= 4 is 17.8 Å². The number of para-hydroxylation sites is 1. The van der Waals surface area contributed by atoms with Crippen molar-refractivity contribution in [1.82, 2.24) is 5.43 Å². The maximum atomic E-state index is 12.0. The highest BCUT2D eigenvalue weighted by molar-refractivity contribution is 5.84. The number of nitrogens with zero attached hydrogens (tertiary/aromatic N) is 2. The van der Waals surface area contributed by atoms with E-state index in [1.807, 2.05) is 42.5 Å². The van der Waals surface area contributed by atoms with E-state index < -0.39 is 0 Å². The number of carbonyl (C=O) groups is 1. The molecule has 1 aliphatic rings. The summed E-state index contributed by atoms with van der Waals surface area (Å²) in [6.45, 7) is 1.25. The van der Waals surface area contributed by atoms with Gasteiger partial charge < -0.3 is 4.90 Å². The Hall–Kier alpha value is -2.62. The highest BCUT2D eigenvalue weighted by atomic mass is 16.2. The zero-order chi connectivity index (χ0) is 15.2. The van der Waals surface area contributed by atoms with E-state index in [-0.39, 0.29) is 5.91 Å². The first-order chi connectivity index (χ1) is 10.8. The standard InChI is InChI=1S/C18H19N3O/c22-18(20-19-13-15-7-2-1-3-8-15)14-21-12-6-10-16-9-4-5-11-17(16)21/h1-5,7-9,11,13H,6,10,12,14H2,(H,20,22). The van der Waals surface area contributed by atoms with Crippen molar-refractivity contribution < 1.29 is 4.79 Å². The molecule has 0 saturated carbocycles. The molecule has 4 nitrogen and oxygen atoms in total. The lowest BCUT2D eigenvalue weighted by Gasteiger charge is -2.30. The lowest BCUT2D eigenvalue weighted by molar-refractivity contribution is -0.119. The minimum atomic E-state index is -0.0936. The van der Waals surface area contributed by atoms with Gasteiger partial charge in [-0.3, -0.25) is 4.79 Å². The molecule has 22 heavy (non-hydrogen) atoms. The van der Waals surface area contributed by atoms with Crippen LogP contribution >= 0.6 is 0 Å². The first-order valence-electron chi connectivity index (χ1n) is 7.53. The minimum absolute atomic E-state index is 0.0936. The number of amides is 1. The van der Waals surface area contributed by atoms with Crippen molar-refractivity contribution in [2.24, 2.45) is 5.10 Å². The summed E-state index contributed by atoms with van der Waals surface area (Å²) in [4.78, 5) is 14.2. The maximum absolute atomic E-state index is 12.0. The zero-order valence-corrected chi connectivity index (χ0v) is 12.4.